The van der Waals surface area contributed by atoms with Crippen molar-refractivity contribution in [3.63, 3.8) is 0 Å². The molecule has 1 unspecified atom stereocenters. The summed E-state index contributed by atoms with van der Waals surface area (Å²) in [5.41, 5.74) is 2.86. The molecule has 1 atom stereocenters. The Labute approximate surface area is 270 Å². The number of nitrogens with one attached hydrogen (secondary N) is 2. The molecule has 0 saturated carbocycles. The molecule has 3 aliphatic heterocycles. The Morgan fingerprint density at radius 2 is 1.72 bits per heavy atom. The maximum atomic E-state index is 13.4. The number of fused-ring (bicyclic) bond motifs is 4. The summed E-state index contributed by atoms with van der Waals surface area (Å²) in [5.74, 6) is -0.349. The number of ether oxygens (including phenoxy) is 2. The van der Waals surface area contributed by atoms with Crippen LogP contribution in [0.4, 0.5) is 5.95 Å². The van der Waals surface area contributed by atoms with Crippen LogP contribution in [0.15, 0.2) is 53.4 Å². The van der Waals surface area contributed by atoms with Crippen LogP contribution >= 0.6 is 0 Å². The van der Waals surface area contributed by atoms with Crippen LogP contribution in [0.1, 0.15) is 61.0 Å². The van der Waals surface area contributed by atoms with Crippen molar-refractivity contribution >= 4 is 27.8 Å². The standard InChI is InChI=1S/C34H41N5O6S/c1-22-7-5-8-23(2)29(22)27-18-28-37-32(36-27)38-46(42,43)26-10-6-9-24(17-26)30(40)35-20-34(21-44-28)13-15-39(16-14-34)31(41)25-11-12-33(3,4)45-19-25/h5-10,17-18,25H,11-16,19-21H2,1-4H3,(H,35,40)(H,36,37,38). The molecule has 4 bridgehead atoms. The molecule has 1 spiro atoms. The van der Waals surface area contributed by atoms with Crippen LogP contribution in [-0.4, -0.2) is 73.5 Å². The third-order valence-electron chi connectivity index (χ3n) is 9.48. The lowest BCUT2D eigenvalue weighted by atomic mass is 9.78. The Morgan fingerprint density at radius 3 is 2.41 bits per heavy atom. The SMILES string of the molecule is Cc1cccc(C)c1-c1cc2nc(n1)NS(=O)(=O)c1cccc(c1)C(=O)NCC1(CCN(C(=O)C3CCC(C)(C)OC3)CC1)CO2. The molecule has 6 rings (SSSR count). The van der Waals surface area contributed by atoms with E-state index >= 15 is 0 Å². The van der Waals surface area contributed by atoms with Gasteiger partial charge in [-0.1, -0.05) is 24.3 Å². The maximum Gasteiger partial charge on any atom is 0.264 e. The fourth-order valence-electron chi connectivity index (χ4n) is 6.50. The molecule has 3 aliphatic rings. The summed E-state index contributed by atoms with van der Waals surface area (Å²) < 4.78 is 41.6. The van der Waals surface area contributed by atoms with Gasteiger partial charge < -0.3 is 19.7 Å². The van der Waals surface area contributed by atoms with Crippen molar-refractivity contribution < 1.29 is 27.5 Å². The number of hydrogen-bond donors (Lipinski definition) is 2. The van der Waals surface area contributed by atoms with Crippen LogP contribution in [0.2, 0.25) is 0 Å². The summed E-state index contributed by atoms with van der Waals surface area (Å²) in [7, 11) is -4.12. The smallest absolute Gasteiger partial charge is 0.264 e. The number of aryl methyl sites for hydroxylation is 2. The third-order valence-corrected chi connectivity index (χ3v) is 10.8. The molecule has 2 amide bonds. The number of hydrogen-bond acceptors (Lipinski definition) is 8. The van der Waals surface area contributed by atoms with E-state index in [1.165, 1.54) is 18.2 Å². The number of piperidine rings is 1. The van der Waals surface area contributed by atoms with Gasteiger partial charge in [0.25, 0.3) is 15.9 Å². The van der Waals surface area contributed by atoms with E-state index in [0.717, 1.165) is 29.5 Å². The molecule has 12 heteroatoms. The number of amides is 2. The largest absolute Gasteiger partial charge is 0.477 e. The van der Waals surface area contributed by atoms with Crippen molar-refractivity contribution in [2.75, 3.05) is 37.6 Å². The zero-order valence-corrected chi connectivity index (χ0v) is 27.6. The minimum Gasteiger partial charge on any atom is -0.477 e. The quantitative estimate of drug-likeness (QED) is 0.415. The van der Waals surface area contributed by atoms with Crippen LogP contribution in [0.25, 0.3) is 11.3 Å². The van der Waals surface area contributed by atoms with Crippen LogP contribution in [-0.2, 0) is 19.6 Å². The van der Waals surface area contributed by atoms with Crippen LogP contribution in [0.5, 0.6) is 5.88 Å². The van der Waals surface area contributed by atoms with Gasteiger partial charge in [0.15, 0.2) is 0 Å². The predicted octanol–water partition coefficient (Wildman–Crippen LogP) is 4.50. The highest BCUT2D eigenvalue weighted by molar-refractivity contribution is 7.92. The summed E-state index contributed by atoms with van der Waals surface area (Å²) in [5, 5.41) is 3.02. The molecule has 1 aromatic heterocycles. The highest BCUT2D eigenvalue weighted by Crippen LogP contribution is 2.36. The molecule has 2 saturated heterocycles. The second kappa shape index (κ2) is 12.3. The molecule has 11 nitrogen and oxygen atoms in total. The first-order valence-electron chi connectivity index (χ1n) is 15.8. The first-order chi connectivity index (χ1) is 21.8. The minimum atomic E-state index is -4.12. The van der Waals surface area contributed by atoms with Gasteiger partial charge in [0, 0.05) is 42.2 Å². The Hall–Kier alpha value is -4.03. The fourth-order valence-corrected chi connectivity index (χ4v) is 7.49. The van der Waals surface area contributed by atoms with Gasteiger partial charge in [0.2, 0.25) is 17.7 Å². The molecule has 244 valence electrons. The van der Waals surface area contributed by atoms with Crippen molar-refractivity contribution in [2.24, 2.45) is 11.3 Å². The van der Waals surface area contributed by atoms with Crippen LogP contribution in [0.3, 0.4) is 0 Å². The molecule has 0 radical (unpaired) electrons. The van der Waals surface area contributed by atoms with Gasteiger partial charge in [0.05, 0.1) is 35.3 Å². The summed E-state index contributed by atoms with van der Waals surface area (Å²) in [6, 6.07) is 13.5. The van der Waals surface area contributed by atoms with Gasteiger partial charge in [-0.05, 0) is 82.7 Å². The van der Waals surface area contributed by atoms with Gasteiger partial charge >= 0.3 is 0 Å². The molecule has 2 aromatic carbocycles. The van der Waals surface area contributed by atoms with Gasteiger partial charge in [-0.3, -0.25) is 9.59 Å². The lowest BCUT2D eigenvalue weighted by Crippen LogP contribution is -2.52. The third kappa shape index (κ3) is 6.73. The molecule has 3 aromatic rings. The fraction of sp³-hybridized carbons (Fsp3) is 0.471. The molecule has 46 heavy (non-hydrogen) atoms. The van der Waals surface area contributed by atoms with E-state index < -0.39 is 15.4 Å². The topological polar surface area (TPSA) is 140 Å². The monoisotopic (exact) mass is 647 g/mol. The predicted molar refractivity (Wildman–Crippen MR) is 173 cm³/mol. The Bertz CT molecular complexity index is 1740. The Morgan fingerprint density at radius 1 is 1.00 bits per heavy atom. The van der Waals surface area contributed by atoms with E-state index in [2.05, 4.69) is 33.9 Å². The van der Waals surface area contributed by atoms with Crippen molar-refractivity contribution in [3.05, 3.63) is 65.2 Å². The number of carbonyl (C=O) groups is 2. The van der Waals surface area contributed by atoms with Crippen molar-refractivity contribution in [1.82, 2.24) is 20.2 Å². The zero-order valence-electron chi connectivity index (χ0n) is 26.8. The van der Waals surface area contributed by atoms with E-state index in [4.69, 9.17) is 9.47 Å². The van der Waals surface area contributed by atoms with E-state index in [1.807, 2.05) is 36.9 Å². The molecule has 4 heterocycles. The maximum absolute atomic E-state index is 13.4. The lowest BCUT2D eigenvalue weighted by molar-refractivity contribution is -0.149. The highest BCUT2D eigenvalue weighted by Gasteiger charge is 2.40. The number of rotatable bonds is 2. The van der Waals surface area contributed by atoms with E-state index in [0.29, 0.717) is 38.2 Å². The number of benzene rings is 2. The van der Waals surface area contributed by atoms with Gasteiger partial charge in [-0.25, -0.2) is 18.1 Å². The highest BCUT2D eigenvalue weighted by atomic mass is 32.2. The Kier molecular flexibility index (Phi) is 8.53. The van der Waals surface area contributed by atoms with Gasteiger partial charge in [-0.15, -0.1) is 0 Å². The normalized spacial score (nSPS) is 22.1. The number of aromatic nitrogens is 2. The Balaban J connectivity index is 1.32. The zero-order chi connectivity index (χ0) is 32.7. The summed E-state index contributed by atoms with van der Waals surface area (Å²) >= 11 is 0. The summed E-state index contributed by atoms with van der Waals surface area (Å²) in [6.07, 6.45) is 2.84. The first-order valence-corrected chi connectivity index (χ1v) is 17.2. The molecule has 0 aliphatic carbocycles. The minimum absolute atomic E-state index is 0.0858. The summed E-state index contributed by atoms with van der Waals surface area (Å²) in [6.45, 7) is 10.0. The molecular formula is C34H41N5O6S. The number of likely N-dealkylation sites (tertiary alicyclic amines) is 1. The average Bonchev–Trinajstić information content (AvgIpc) is 3.02. The van der Waals surface area contributed by atoms with Crippen LogP contribution in [0, 0.1) is 25.2 Å². The van der Waals surface area contributed by atoms with Crippen LogP contribution < -0.4 is 14.8 Å². The van der Waals surface area contributed by atoms with Crippen molar-refractivity contribution in [2.45, 2.75) is 63.9 Å². The van der Waals surface area contributed by atoms with Gasteiger partial charge in [-0.2, -0.15) is 4.98 Å². The van der Waals surface area contributed by atoms with E-state index in [9.17, 15) is 18.0 Å². The van der Waals surface area contributed by atoms with E-state index in [1.54, 1.807) is 12.1 Å². The second-order valence-electron chi connectivity index (χ2n) is 13.4. The average molecular weight is 648 g/mol. The van der Waals surface area contributed by atoms with E-state index in [-0.39, 0.29) is 58.8 Å². The second-order valence-corrected chi connectivity index (χ2v) is 15.1. The number of anilines is 1. The van der Waals surface area contributed by atoms with Crippen molar-refractivity contribution in [1.29, 1.82) is 0 Å². The number of sulfonamides is 1. The van der Waals surface area contributed by atoms with Crippen molar-refractivity contribution in [3.8, 4) is 17.1 Å². The van der Waals surface area contributed by atoms with Gasteiger partial charge in [0.1, 0.15) is 0 Å². The molecule has 2 fully saturated rings. The molecular weight excluding hydrogens is 606 g/mol. The molecule has 2 N–H and O–H groups in total. The lowest BCUT2D eigenvalue weighted by Gasteiger charge is -2.43. The first kappa shape index (κ1) is 31.9. The summed E-state index contributed by atoms with van der Waals surface area (Å²) in [4.78, 5) is 37.6. The number of nitrogens with zero attached hydrogens (tertiary/aromatic N) is 3. The number of carbonyl (C=O) groups excluding carboxylic acids is 2.